The van der Waals surface area contributed by atoms with Crippen molar-refractivity contribution in [2.45, 2.75) is 39.5 Å². The number of nitrogens with two attached hydrogens (primary N) is 2. The predicted octanol–water partition coefficient (Wildman–Crippen LogP) is 2.98. The van der Waals surface area contributed by atoms with Gasteiger partial charge in [-0.15, -0.1) is 0 Å². The monoisotopic (exact) mass is 584 g/mol. The zero-order valence-corrected chi connectivity index (χ0v) is 23.8. The van der Waals surface area contributed by atoms with Gasteiger partial charge in [0.2, 0.25) is 5.91 Å². The summed E-state index contributed by atoms with van der Waals surface area (Å²) in [5.74, 6) is -1.28. The van der Waals surface area contributed by atoms with Crippen LogP contribution in [0.2, 0.25) is 0 Å². The summed E-state index contributed by atoms with van der Waals surface area (Å²) in [6, 6.07) is 17.3. The molecular weight excluding hydrogens is 551 g/mol. The normalized spacial score (nSPS) is 10.8. The lowest BCUT2D eigenvalue weighted by Crippen LogP contribution is -2.35. The third kappa shape index (κ3) is 8.03. The van der Waals surface area contributed by atoms with Crippen LogP contribution in [-0.2, 0) is 24.4 Å². The Bertz CT molecular complexity index is 1720. The Balaban J connectivity index is 1.60. The first-order valence-corrected chi connectivity index (χ1v) is 13.5. The molecule has 0 unspecified atom stereocenters. The molecule has 3 aromatic carbocycles. The number of carbonyl (C=O) groups excluding carboxylic acids is 2. The van der Waals surface area contributed by atoms with Crippen molar-refractivity contribution in [1.82, 2.24) is 20.2 Å². The van der Waals surface area contributed by atoms with Crippen molar-refractivity contribution >= 4 is 29.2 Å². The first-order valence-electron chi connectivity index (χ1n) is 13.5. The quantitative estimate of drug-likeness (QED) is 0.0890. The van der Waals surface area contributed by atoms with Crippen molar-refractivity contribution in [3.63, 3.8) is 0 Å². The van der Waals surface area contributed by atoms with E-state index in [2.05, 4.69) is 20.9 Å². The van der Waals surface area contributed by atoms with Gasteiger partial charge in [0, 0.05) is 41.5 Å². The Kier molecular flexibility index (Phi) is 9.51. The second-order valence-corrected chi connectivity index (χ2v) is 10.2. The molecule has 0 saturated heterocycles. The minimum atomic E-state index is -0.522. The molecule has 12 heteroatoms. The molecule has 0 aliphatic heterocycles. The lowest BCUT2D eigenvalue weighted by Gasteiger charge is -2.17. The number of halogens is 1. The number of nitrogens with one attached hydrogen (secondary N) is 4. The van der Waals surface area contributed by atoms with Crippen LogP contribution in [0.1, 0.15) is 40.9 Å². The molecule has 1 aromatic heterocycles. The molecule has 0 spiro atoms. The van der Waals surface area contributed by atoms with E-state index in [9.17, 15) is 18.8 Å². The molecule has 0 atom stereocenters. The number of hydrogen-bond acceptors (Lipinski definition) is 7. The lowest BCUT2D eigenvalue weighted by molar-refractivity contribution is -0.121. The number of amidine groups is 1. The Morgan fingerprint density at radius 1 is 0.977 bits per heavy atom. The molecule has 4 aromatic rings. The Morgan fingerprint density at radius 3 is 2.37 bits per heavy atom. The van der Waals surface area contributed by atoms with Crippen molar-refractivity contribution in [2.75, 3.05) is 11.1 Å². The van der Waals surface area contributed by atoms with Crippen molar-refractivity contribution in [3.8, 4) is 11.3 Å². The van der Waals surface area contributed by atoms with E-state index >= 15 is 0 Å². The minimum Gasteiger partial charge on any atom is -0.399 e. The molecule has 0 aliphatic rings. The van der Waals surface area contributed by atoms with Crippen molar-refractivity contribution in [1.29, 1.82) is 5.41 Å². The van der Waals surface area contributed by atoms with Crippen LogP contribution in [0.5, 0.6) is 0 Å². The maximum absolute atomic E-state index is 13.5. The topological polar surface area (TPSA) is 181 Å². The lowest BCUT2D eigenvalue weighted by atomic mass is 10.1. The van der Waals surface area contributed by atoms with Gasteiger partial charge in [0.25, 0.3) is 11.5 Å². The summed E-state index contributed by atoms with van der Waals surface area (Å²) in [5.41, 5.74) is 14.2. The smallest absolute Gasteiger partial charge is 0.294 e. The second kappa shape index (κ2) is 13.4. The van der Waals surface area contributed by atoms with Gasteiger partial charge in [-0.25, -0.2) is 9.37 Å². The van der Waals surface area contributed by atoms with Gasteiger partial charge in [0.1, 0.15) is 18.2 Å². The van der Waals surface area contributed by atoms with E-state index < -0.39 is 23.2 Å². The zero-order valence-electron chi connectivity index (χ0n) is 23.8. The molecular formula is C31H33FN8O3. The van der Waals surface area contributed by atoms with Crippen LogP contribution in [0.4, 0.5) is 15.9 Å². The van der Waals surface area contributed by atoms with Gasteiger partial charge in [-0.05, 0) is 55.3 Å². The van der Waals surface area contributed by atoms with E-state index in [4.69, 9.17) is 16.9 Å². The van der Waals surface area contributed by atoms with Gasteiger partial charge in [-0.1, -0.05) is 36.4 Å². The molecule has 0 fully saturated rings. The first-order chi connectivity index (χ1) is 20.5. The highest BCUT2D eigenvalue weighted by Gasteiger charge is 2.18. The van der Waals surface area contributed by atoms with Gasteiger partial charge in [-0.3, -0.25) is 24.4 Å². The second-order valence-electron chi connectivity index (χ2n) is 10.2. The van der Waals surface area contributed by atoms with Crippen LogP contribution >= 0.6 is 0 Å². The molecule has 222 valence electrons. The minimum absolute atomic E-state index is 0.0558. The fraction of sp³-hybridized carbons (Fsp3) is 0.194. The Labute approximate surface area is 247 Å². The maximum atomic E-state index is 13.5. The van der Waals surface area contributed by atoms with Gasteiger partial charge in [-0.2, -0.15) is 0 Å². The molecule has 0 saturated carbocycles. The van der Waals surface area contributed by atoms with E-state index in [1.807, 2.05) is 13.8 Å². The van der Waals surface area contributed by atoms with Crippen molar-refractivity contribution in [3.05, 3.63) is 111 Å². The molecule has 0 aliphatic carbocycles. The Morgan fingerprint density at radius 2 is 1.70 bits per heavy atom. The van der Waals surface area contributed by atoms with Crippen molar-refractivity contribution in [2.24, 2.45) is 5.73 Å². The number of hydrogen-bond donors (Lipinski definition) is 6. The van der Waals surface area contributed by atoms with E-state index in [0.717, 1.165) is 5.56 Å². The van der Waals surface area contributed by atoms with Crippen LogP contribution in [0.25, 0.3) is 11.3 Å². The van der Waals surface area contributed by atoms with E-state index in [1.165, 1.54) is 29.0 Å². The van der Waals surface area contributed by atoms with Crippen LogP contribution in [0, 0.1) is 11.2 Å². The third-order valence-corrected chi connectivity index (χ3v) is 6.39. The summed E-state index contributed by atoms with van der Waals surface area (Å²) in [4.78, 5) is 43.8. The summed E-state index contributed by atoms with van der Waals surface area (Å²) in [7, 11) is 0. The van der Waals surface area contributed by atoms with E-state index in [0.29, 0.717) is 16.7 Å². The van der Waals surface area contributed by atoms with Crippen LogP contribution in [0.3, 0.4) is 0 Å². The van der Waals surface area contributed by atoms with Gasteiger partial charge in [0.15, 0.2) is 5.82 Å². The van der Waals surface area contributed by atoms with E-state index in [-0.39, 0.29) is 54.3 Å². The maximum Gasteiger partial charge on any atom is 0.294 e. The SMILES string of the molecule is CC(C)Nc1ncc(-c2cc(N)cc(C(=O)NCc3cccc(F)c3)c2)n(CC(=O)NCc2ccc(C(=N)N)cc2)c1=O. The average molecular weight is 585 g/mol. The molecule has 11 nitrogen and oxygen atoms in total. The standard InChI is InChI=1S/C31H33FN8O3/c1-18(2)39-29-31(43)40(17-27(41)36-14-19-6-8-21(9-7-19)28(34)35)26(16-37-29)22-11-23(13-25(33)12-22)30(42)38-15-20-4-3-5-24(32)10-20/h3-13,16,18H,14-15,17,33H2,1-2H3,(H3,34,35)(H,36,41)(H,37,39)(H,38,42). The first kappa shape index (κ1) is 30.4. The zero-order chi connectivity index (χ0) is 31.1. The molecule has 43 heavy (non-hydrogen) atoms. The van der Waals surface area contributed by atoms with Crippen LogP contribution < -0.4 is 33.0 Å². The number of amides is 2. The fourth-order valence-electron chi connectivity index (χ4n) is 4.31. The summed E-state index contributed by atoms with van der Waals surface area (Å²) >= 11 is 0. The van der Waals surface area contributed by atoms with E-state index in [1.54, 1.807) is 48.5 Å². The van der Waals surface area contributed by atoms with Crippen LogP contribution in [-0.4, -0.2) is 33.2 Å². The third-order valence-electron chi connectivity index (χ3n) is 6.39. The molecule has 0 radical (unpaired) electrons. The van der Waals surface area contributed by atoms with Crippen molar-refractivity contribution < 1.29 is 14.0 Å². The fourth-order valence-corrected chi connectivity index (χ4v) is 4.31. The largest absolute Gasteiger partial charge is 0.399 e. The highest BCUT2D eigenvalue weighted by molar-refractivity contribution is 5.96. The summed E-state index contributed by atoms with van der Waals surface area (Å²) in [6.07, 6.45) is 1.45. The van der Waals surface area contributed by atoms with Gasteiger partial charge in [0.05, 0.1) is 11.9 Å². The molecule has 2 amide bonds. The molecule has 4 rings (SSSR count). The van der Waals surface area contributed by atoms with Gasteiger partial charge >= 0.3 is 0 Å². The molecule has 8 N–H and O–H groups in total. The number of rotatable bonds is 11. The summed E-state index contributed by atoms with van der Waals surface area (Å²) in [5, 5.41) is 16.0. The van der Waals surface area contributed by atoms with Crippen LogP contribution in [0.15, 0.2) is 77.7 Å². The number of nitrogens with zero attached hydrogens (tertiary/aromatic N) is 2. The average Bonchev–Trinajstić information content (AvgIpc) is 2.96. The number of benzene rings is 3. The number of nitrogen functional groups attached to an aromatic ring is 2. The number of anilines is 2. The summed E-state index contributed by atoms with van der Waals surface area (Å²) in [6.45, 7) is 3.68. The highest BCUT2D eigenvalue weighted by atomic mass is 19.1. The molecule has 0 bridgehead atoms. The number of aromatic nitrogens is 2. The highest BCUT2D eigenvalue weighted by Crippen LogP contribution is 2.23. The summed E-state index contributed by atoms with van der Waals surface area (Å²) < 4.78 is 14.8. The predicted molar refractivity (Wildman–Crippen MR) is 164 cm³/mol. The Hall–Kier alpha value is -5.52. The van der Waals surface area contributed by atoms with Gasteiger partial charge < -0.3 is 27.4 Å². The molecule has 1 heterocycles. The number of carbonyl (C=O) groups is 2.